The van der Waals surface area contributed by atoms with Gasteiger partial charge in [0, 0.05) is 36.3 Å². The van der Waals surface area contributed by atoms with E-state index >= 15 is 0 Å². The molecule has 1 saturated heterocycles. The number of alkyl halides is 3. The van der Waals surface area contributed by atoms with Gasteiger partial charge in [0.05, 0.1) is 6.61 Å². The molecule has 2 aromatic rings. The summed E-state index contributed by atoms with van der Waals surface area (Å²) in [4.78, 5) is 20.7. The number of hydrogen-bond acceptors (Lipinski definition) is 3. The average Bonchev–Trinajstić information content (AvgIpc) is 3.17. The monoisotopic (exact) mass is 405 g/mol. The fraction of sp³-hybridized carbons (Fsp3) is 0.333. The van der Waals surface area contributed by atoms with Crippen LogP contribution in [0.15, 0.2) is 59.6 Å². The Labute approximate surface area is 166 Å². The summed E-state index contributed by atoms with van der Waals surface area (Å²) in [5, 5.41) is 1.02. The molecule has 1 unspecified atom stereocenters. The van der Waals surface area contributed by atoms with E-state index in [0.717, 1.165) is 29.8 Å². The van der Waals surface area contributed by atoms with Crippen molar-refractivity contribution in [3.63, 3.8) is 0 Å². The molecular weight excluding hydrogens is 383 g/mol. The van der Waals surface area contributed by atoms with Crippen molar-refractivity contribution in [1.29, 1.82) is 0 Å². The molecule has 1 fully saturated rings. The van der Waals surface area contributed by atoms with Gasteiger partial charge < -0.3 is 14.6 Å². The molecule has 0 aliphatic carbocycles. The van der Waals surface area contributed by atoms with Gasteiger partial charge in [0.15, 0.2) is 5.70 Å². The zero-order valence-corrected chi connectivity index (χ0v) is 15.8. The van der Waals surface area contributed by atoms with Gasteiger partial charge in [0.2, 0.25) is 0 Å². The number of allylic oxidation sites excluding steroid dienone is 2. The van der Waals surface area contributed by atoms with Gasteiger partial charge in [-0.1, -0.05) is 12.6 Å². The quantitative estimate of drug-likeness (QED) is 0.430. The van der Waals surface area contributed by atoms with Crippen LogP contribution >= 0.6 is 0 Å². The third-order valence-corrected chi connectivity index (χ3v) is 4.93. The van der Waals surface area contributed by atoms with Crippen molar-refractivity contribution in [3.8, 4) is 0 Å². The summed E-state index contributed by atoms with van der Waals surface area (Å²) in [6.45, 7) is 7.39. The lowest BCUT2D eigenvalue weighted by Gasteiger charge is -2.33. The third kappa shape index (κ3) is 4.70. The number of amides is 1. The lowest BCUT2D eigenvalue weighted by Crippen LogP contribution is -2.41. The van der Waals surface area contributed by atoms with E-state index in [1.54, 1.807) is 11.0 Å². The molecule has 0 radical (unpaired) electrons. The van der Waals surface area contributed by atoms with E-state index in [2.05, 4.69) is 23.3 Å². The number of likely N-dealkylation sites (tertiary alicyclic amines) is 1. The Kier molecular flexibility index (Phi) is 6.10. The number of aromatic nitrogens is 1. The van der Waals surface area contributed by atoms with Gasteiger partial charge in [-0.25, -0.2) is 0 Å². The maximum absolute atomic E-state index is 13.0. The molecule has 1 N–H and O–H groups in total. The van der Waals surface area contributed by atoms with Crippen LogP contribution in [0.1, 0.15) is 23.2 Å². The van der Waals surface area contributed by atoms with Crippen molar-refractivity contribution in [2.45, 2.75) is 19.0 Å². The van der Waals surface area contributed by atoms with Crippen molar-refractivity contribution >= 4 is 23.5 Å². The topological polar surface area (TPSA) is 57.7 Å². The molecule has 0 spiro atoms. The Bertz CT molecular complexity index is 946. The second kappa shape index (κ2) is 8.55. The van der Waals surface area contributed by atoms with Crippen LogP contribution in [0.3, 0.4) is 0 Å². The Morgan fingerprint density at radius 2 is 2.17 bits per heavy atom. The van der Waals surface area contributed by atoms with Crippen LogP contribution in [0.25, 0.3) is 10.9 Å². The highest BCUT2D eigenvalue weighted by atomic mass is 19.4. The van der Waals surface area contributed by atoms with Gasteiger partial charge in [0.25, 0.3) is 5.91 Å². The van der Waals surface area contributed by atoms with E-state index in [9.17, 15) is 18.0 Å². The van der Waals surface area contributed by atoms with Crippen molar-refractivity contribution in [3.05, 3.63) is 60.1 Å². The SMILES string of the molecule is C=C/C(OCC1CCCN(C(=O)c2ccc3cc[nH]c3c2)C1)=C(\N=C)C(F)(F)F. The number of carbonyl (C=O) groups excluding carboxylic acids is 1. The average molecular weight is 405 g/mol. The smallest absolute Gasteiger partial charge is 0.437 e. The predicted octanol–water partition coefficient (Wildman–Crippen LogP) is 4.70. The molecule has 1 aliphatic heterocycles. The fourth-order valence-electron chi connectivity index (χ4n) is 3.49. The number of ether oxygens (including phenoxy) is 1. The Balaban J connectivity index is 1.67. The number of halogens is 3. The highest BCUT2D eigenvalue weighted by Crippen LogP contribution is 2.30. The Morgan fingerprint density at radius 3 is 2.86 bits per heavy atom. The van der Waals surface area contributed by atoms with Crippen molar-refractivity contribution in [2.75, 3.05) is 19.7 Å². The summed E-state index contributed by atoms with van der Waals surface area (Å²) >= 11 is 0. The van der Waals surface area contributed by atoms with Gasteiger partial charge in [-0.2, -0.15) is 13.2 Å². The molecule has 1 aromatic carbocycles. The first-order valence-corrected chi connectivity index (χ1v) is 9.23. The highest BCUT2D eigenvalue weighted by molar-refractivity contribution is 5.98. The first-order chi connectivity index (χ1) is 13.8. The number of aliphatic imine (C=N–C) groups is 1. The van der Waals surface area contributed by atoms with Gasteiger partial charge in [-0.15, -0.1) is 0 Å². The number of rotatable bonds is 6. The molecule has 2 heterocycles. The van der Waals surface area contributed by atoms with Gasteiger partial charge in [0.1, 0.15) is 5.76 Å². The lowest BCUT2D eigenvalue weighted by molar-refractivity contribution is -0.0958. The Morgan fingerprint density at radius 1 is 1.38 bits per heavy atom. The summed E-state index contributed by atoms with van der Waals surface area (Å²) in [7, 11) is 0. The first kappa shape index (κ1) is 20.7. The van der Waals surface area contributed by atoms with Crippen LogP contribution in [0.2, 0.25) is 0 Å². The van der Waals surface area contributed by atoms with Gasteiger partial charge in [-0.3, -0.25) is 9.79 Å². The molecule has 0 bridgehead atoms. The number of fused-ring (bicyclic) bond motifs is 1. The van der Waals surface area contributed by atoms with E-state index in [-0.39, 0.29) is 18.4 Å². The van der Waals surface area contributed by atoms with Crippen LogP contribution in [0.4, 0.5) is 13.2 Å². The van der Waals surface area contributed by atoms with Crippen molar-refractivity contribution in [2.24, 2.45) is 10.9 Å². The summed E-state index contributed by atoms with van der Waals surface area (Å²) < 4.78 is 44.3. The van der Waals surface area contributed by atoms with E-state index in [1.807, 2.05) is 24.4 Å². The van der Waals surface area contributed by atoms with Crippen molar-refractivity contribution < 1.29 is 22.7 Å². The zero-order chi connectivity index (χ0) is 21.0. The van der Waals surface area contributed by atoms with E-state index in [4.69, 9.17) is 4.74 Å². The van der Waals surface area contributed by atoms with E-state index in [1.165, 1.54) is 0 Å². The summed E-state index contributed by atoms with van der Waals surface area (Å²) in [5.74, 6) is -0.640. The molecule has 1 amide bonds. The molecule has 0 saturated carbocycles. The lowest BCUT2D eigenvalue weighted by atomic mass is 9.98. The van der Waals surface area contributed by atoms with Gasteiger partial charge >= 0.3 is 6.18 Å². The third-order valence-electron chi connectivity index (χ3n) is 4.93. The molecule has 8 heteroatoms. The van der Waals surface area contributed by atoms with Crippen LogP contribution in [0.5, 0.6) is 0 Å². The van der Waals surface area contributed by atoms with Gasteiger partial charge in [-0.05, 0) is 49.2 Å². The van der Waals surface area contributed by atoms with Crippen LogP contribution < -0.4 is 0 Å². The molecule has 1 atom stereocenters. The maximum Gasteiger partial charge on any atom is 0.437 e. The highest BCUT2D eigenvalue weighted by Gasteiger charge is 2.37. The van der Waals surface area contributed by atoms with Crippen LogP contribution in [-0.4, -0.2) is 48.4 Å². The maximum atomic E-state index is 13.0. The molecule has 5 nitrogen and oxygen atoms in total. The first-order valence-electron chi connectivity index (χ1n) is 9.23. The van der Waals surface area contributed by atoms with E-state index < -0.39 is 17.6 Å². The number of hydrogen-bond donors (Lipinski definition) is 1. The number of piperidine rings is 1. The predicted molar refractivity (Wildman–Crippen MR) is 106 cm³/mol. The summed E-state index contributed by atoms with van der Waals surface area (Å²) in [6, 6.07) is 7.39. The largest absolute Gasteiger partial charge is 0.491 e. The molecular formula is C21H22F3N3O2. The molecule has 1 aliphatic rings. The molecule has 3 rings (SSSR count). The Hall–Kier alpha value is -3.03. The normalized spacial score (nSPS) is 18.3. The number of carbonyl (C=O) groups is 1. The second-order valence-electron chi connectivity index (χ2n) is 6.92. The minimum Gasteiger partial charge on any atom is -0.491 e. The number of benzene rings is 1. The number of nitrogens with zero attached hydrogens (tertiary/aromatic N) is 2. The summed E-state index contributed by atoms with van der Waals surface area (Å²) in [5.41, 5.74) is 0.254. The molecule has 154 valence electrons. The minimum atomic E-state index is -4.67. The molecule has 29 heavy (non-hydrogen) atoms. The fourth-order valence-corrected chi connectivity index (χ4v) is 3.49. The zero-order valence-electron chi connectivity index (χ0n) is 15.8. The van der Waals surface area contributed by atoms with Crippen LogP contribution in [0, 0.1) is 5.92 Å². The van der Waals surface area contributed by atoms with Crippen LogP contribution in [-0.2, 0) is 4.74 Å². The standard InChI is InChI=1S/C21H22F3N3O2/c1-3-18(19(25-2)21(22,23)24)29-13-14-5-4-10-27(12-14)20(28)16-7-6-15-8-9-26-17(15)11-16/h3,6-9,11,14,26H,1-2,4-5,10,12-13H2/b19-18+. The summed E-state index contributed by atoms with van der Waals surface area (Å²) in [6.07, 6.45) is -0.368. The minimum absolute atomic E-state index is 0.0376. The molecule has 1 aromatic heterocycles. The number of nitrogens with one attached hydrogen (secondary N) is 1. The number of H-pyrrole nitrogens is 1. The number of aromatic amines is 1. The van der Waals surface area contributed by atoms with Crippen molar-refractivity contribution in [1.82, 2.24) is 9.88 Å². The second-order valence-corrected chi connectivity index (χ2v) is 6.92. The van der Waals surface area contributed by atoms with E-state index in [0.29, 0.717) is 18.7 Å².